The lowest BCUT2D eigenvalue weighted by Gasteiger charge is -2.05. The van der Waals surface area contributed by atoms with Crippen molar-refractivity contribution in [2.75, 3.05) is 0 Å². The van der Waals surface area contributed by atoms with Gasteiger partial charge in [0.1, 0.15) is 0 Å². The minimum Gasteiger partial charge on any atom is -0.478 e. The number of rotatable bonds is 5. The van der Waals surface area contributed by atoms with Crippen LogP contribution in [0.15, 0.2) is 52.3 Å². The molecule has 0 atom stereocenters. The number of nitrogens with zero attached hydrogens (tertiary/aromatic N) is 1. The quantitative estimate of drug-likeness (QED) is 0.667. The van der Waals surface area contributed by atoms with Gasteiger partial charge in [-0.3, -0.25) is 10.1 Å². The maximum atomic E-state index is 10.9. The van der Waals surface area contributed by atoms with E-state index in [1.165, 1.54) is 30.0 Å². The largest absolute Gasteiger partial charge is 0.478 e. The van der Waals surface area contributed by atoms with E-state index >= 15 is 0 Å². The van der Waals surface area contributed by atoms with E-state index in [0.29, 0.717) is 12.0 Å². The Balaban J connectivity index is 2.23. The molecule has 0 aromatic heterocycles. The van der Waals surface area contributed by atoms with Gasteiger partial charge in [-0.25, -0.2) is 4.79 Å². The Hall–Kier alpha value is -2.34. The highest BCUT2D eigenvalue weighted by Crippen LogP contribution is 2.31. The molecule has 0 unspecified atom stereocenters. The summed E-state index contributed by atoms with van der Waals surface area (Å²) >= 11 is 1.44. The van der Waals surface area contributed by atoms with Crippen LogP contribution in [0.25, 0.3) is 0 Å². The third kappa shape index (κ3) is 3.61. The number of benzene rings is 2. The number of carboxylic acid groups (broad SMARTS) is 1. The van der Waals surface area contributed by atoms with Gasteiger partial charge in [0.25, 0.3) is 5.69 Å². The van der Waals surface area contributed by atoms with Crippen LogP contribution in [0.1, 0.15) is 22.8 Å². The zero-order valence-corrected chi connectivity index (χ0v) is 12.1. The summed E-state index contributed by atoms with van der Waals surface area (Å²) in [5.74, 6) is -0.963. The van der Waals surface area contributed by atoms with Gasteiger partial charge in [-0.2, -0.15) is 0 Å². The van der Waals surface area contributed by atoms with Gasteiger partial charge in [-0.15, -0.1) is 0 Å². The minimum absolute atomic E-state index is 0.128. The lowest BCUT2D eigenvalue weighted by Crippen LogP contribution is -1.95. The normalized spacial score (nSPS) is 10.3. The number of aromatic carboxylic acids is 1. The van der Waals surface area contributed by atoms with Crippen LogP contribution in [0.2, 0.25) is 0 Å². The Labute approximate surface area is 125 Å². The number of carboxylic acids is 1. The van der Waals surface area contributed by atoms with Crippen LogP contribution in [-0.4, -0.2) is 16.0 Å². The standard InChI is InChI=1S/C15H13NO4S/c1-2-10-9-13(7-8-14(10)16(19)20)21-12-5-3-11(4-6-12)15(17)18/h3-9H,2H2,1H3,(H,17,18). The van der Waals surface area contributed by atoms with Crippen molar-refractivity contribution < 1.29 is 14.8 Å². The zero-order valence-electron chi connectivity index (χ0n) is 11.3. The summed E-state index contributed by atoms with van der Waals surface area (Å²) < 4.78 is 0. The summed E-state index contributed by atoms with van der Waals surface area (Å²) in [6, 6.07) is 11.5. The summed E-state index contributed by atoms with van der Waals surface area (Å²) in [6.07, 6.45) is 0.586. The lowest BCUT2D eigenvalue weighted by atomic mass is 10.1. The summed E-state index contributed by atoms with van der Waals surface area (Å²) in [5, 5.41) is 19.7. The van der Waals surface area contributed by atoms with Gasteiger partial charge in [0.2, 0.25) is 0 Å². The number of aryl methyl sites for hydroxylation is 1. The molecule has 1 N–H and O–H groups in total. The van der Waals surface area contributed by atoms with Crippen molar-refractivity contribution in [3.8, 4) is 0 Å². The molecule has 2 aromatic carbocycles. The highest BCUT2D eigenvalue weighted by molar-refractivity contribution is 7.99. The SMILES string of the molecule is CCc1cc(Sc2ccc(C(=O)O)cc2)ccc1[N+](=O)[O-]. The Morgan fingerprint density at radius 1 is 1.19 bits per heavy atom. The molecular weight excluding hydrogens is 290 g/mol. The highest BCUT2D eigenvalue weighted by Gasteiger charge is 2.13. The van der Waals surface area contributed by atoms with E-state index in [0.717, 1.165) is 9.79 Å². The van der Waals surface area contributed by atoms with Crippen molar-refractivity contribution >= 4 is 23.4 Å². The van der Waals surface area contributed by atoms with Gasteiger partial charge in [-0.1, -0.05) is 18.7 Å². The molecule has 108 valence electrons. The highest BCUT2D eigenvalue weighted by atomic mass is 32.2. The molecule has 0 aliphatic heterocycles. The molecule has 2 rings (SSSR count). The van der Waals surface area contributed by atoms with E-state index < -0.39 is 5.97 Å². The van der Waals surface area contributed by atoms with Crippen LogP contribution in [0.5, 0.6) is 0 Å². The zero-order chi connectivity index (χ0) is 15.4. The van der Waals surface area contributed by atoms with Gasteiger partial charge in [-0.05, 0) is 42.8 Å². The van der Waals surface area contributed by atoms with Crippen LogP contribution in [0.3, 0.4) is 0 Å². The Kier molecular flexibility index (Phi) is 4.59. The van der Waals surface area contributed by atoms with E-state index in [-0.39, 0.29) is 16.2 Å². The van der Waals surface area contributed by atoms with E-state index in [9.17, 15) is 14.9 Å². The summed E-state index contributed by atoms with van der Waals surface area (Å²) in [6.45, 7) is 1.87. The predicted octanol–water partition coefficient (Wildman–Crippen LogP) is 4.01. The minimum atomic E-state index is -0.963. The molecule has 6 heteroatoms. The summed E-state index contributed by atoms with van der Waals surface area (Å²) in [5.41, 5.74) is 1.05. The summed E-state index contributed by atoms with van der Waals surface area (Å²) in [4.78, 5) is 23.1. The van der Waals surface area contributed by atoms with Gasteiger partial charge >= 0.3 is 5.97 Å². The Morgan fingerprint density at radius 2 is 1.81 bits per heavy atom. The first-order valence-electron chi connectivity index (χ1n) is 6.29. The Bertz CT molecular complexity index is 683. The first kappa shape index (κ1) is 15.1. The molecule has 0 aliphatic carbocycles. The van der Waals surface area contributed by atoms with Crippen molar-refractivity contribution in [3.05, 3.63) is 63.7 Å². The molecule has 0 amide bonds. The fourth-order valence-electron chi connectivity index (χ4n) is 1.89. The predicted molar refractivity (Wildman–Crippen MR) is 80.0 cm³/mol. The summed E-state index contributed by atoms with van der Waals surface area (Å²) in [7, 11) is 0. The van der Waals surface area contributed by atoms with Gasteiger partial charge < -0.3 is 5.11 Å². The van der Waals surface area contributed by atoms with Crippen LogP contribution < -0.4 is 0 Å². The molecule has 0 fully saturated rings. The monoisotopic (exact) mass is 303 g/mol. The molecule has 0 heterocycles. The number of nitro groups is 1. The molecule has 0 aliphatic rings. The molecular formula is C15H13NO4S. The van der Waals surface area contributed by atoms with E-state index in [1.54, 1.807) is 24.3 Å². The van der Waals surface area contributed by atoms with Crippen LogP contribution >= 0.6 is 11.8 Å². The smallest absolute Gasteiger partial charge is 0.335 e. The molecule has 0 saturated heterocycles. The molecule has 21 heavy (non-hydrogen) atoms. The molecule has 5 nitrogen and oxygen atoms in total. The van der Waals surface area contributed by atoms with Crippen molar-refractivity contribution in [3.63, 3.8) is 0 Å². The number of hydrogen-bond donors (Lipinski definition) is 1. The second kappa shape index (κ2) is 6.41. The van der Waals surface area contributed by atoms with Crippen molar-refractivity contribution in [2.24, 2.45) is 0 Å². The number of nitro benzene ring substituents is 1. The number of carbonyl (C=O) groups is 1. The molecule has 0 bridgehead atoms. The van der Waals surface area contributed by atoms with Crippen LogP contribution in [-0.2, 0) is 6.42 Å². The molecule has 0 saturated carbocycles. The molecule has 0 spiro atoms. The van der Waals surface area contributed by atoms with Crippen LogP contribution in [0.4, 0.5) is 5.69 Å². The second-order valence-corrected chi connectivity index (χ2v) is 5.48. The lowest BCUT2D eigenvalue weighted by molar-refractivity contribution is -0.385. The Morgan fingerprint density at radius 3 is 2.33 bits per heavy atom. The fraction of sp³-hybridized carbons (Fsp3) is 0.133. The van der Waals surface area contributed by atoms with Gasteiger partial charge in [0, 0.05) is 21.4 Å². The molecule has 2 aromatic rings. The van der Waals surface area contributed by atoms with Crippen LogP contribution in [0, 0.1) is 10.1 Å². The molecule has 0 radical (unpaired) electrons. The average Bonchev–Trinajstić information content (AvgIpc) is 2.47. The van der Waals surface area contributed by atoms with E-state index in [2.05, 4.69) is 0 Å². The number of hydrogen-bond acceptors (Lipinski definition) is 4. The average molecular weight is 303 g/mol. The second-order valence-electron chi connectivity index (χ2n) is 4.33. The third-order valence-electron chi connectivity index (χ3n) is 2.97. The topological polar surface area (TPSA) is 80.4 Å². The van der Waals surface area contributed by atoms with Crippen molar-refractivity contribution in [1.29, 1.82) is 0 Å². The maximum absolute atomic E-state index is 10.9. The van der Waals surface area contributed by atoms with E-state index in [4.69, 9.17) is 5.11 Å². The first-order valence-corrected chi connectivity index (χ1v) is 7.11. The third-order valence-corrected chi connectivity index (χ3v) is 3.96. The maximum Gasteiger partial charge on any atom is 0.335 e. The fourth-order valence-corrected chi connectivity index (χ4v) is 2.77. The van der Waals surface area contributed by atoms with Crippen molar-refractivity contribution in [2.45, 2.75) is 23.1 Å². The van der Waals surface area contributed by atoms with E-state index in [1.807, 2.05) is 6.92 Å². The van der Waals surface area contributed by atoms with Gasteiger partial charge in [0.05, 0.1) is 10.5 Å². The first-order chi connectivity index (χ1) is 10.0. The van der Waals surface area contributed by atoms with Crippen molar-refractivity contribution in [1.82, 2.24) is 0 Å². The van der Waals surface area contributed by atoms with Gasteiger partial charge in [0.15, 0.2) is 0 Å².